The molecule has 4 rings (SSSR count). The summed E-state index contributed by atoms with van der Waals surface area (Å²) in [6.07, 6.45) is 0.593. The summed E-state index contributed by atoms with van der Waals surface area (Å²) in [5.74, 6) is 2.01. The van der Waals surface area contributed by atoms with Crippen molar-refractivity contribution < 1.29 is 27.4 Å². The third kappa shape index (κ3) is 5.34. The minimum Gasteiger partial charge on any atom is -0.495 e. The SMILES string of the molecule is COc1ccc(Cl)cc1S(=O)(=O)N1CCN(c2nc(Cc3cc(OC)c(OC)c(OC)c3)cs2)CC1. The van der Waals surface area contributed by atoms with E-state index in [0.717, 1.165) is 16.4 Å². The van der Waals surface area contributed by atoms with Gasteiger partial charge in [-0.3, -0.25) is 0 Å². The maximum absolute atomic E-state index is 13.2. The van der Waals surface area contributed by atoms with Crippen LogP contribution in [0.15, 0.2) is 40.6 Å². The van der Waals surface area contributed by atoms with Crippen molar-refractivity contribution in [3.8, 4) is 23.0 Å². The first-order valence-corrected chi connectivity index (χ1v) is 13.8. The van der Waals surface area contributed by atoms with E-state index in [-0.39, 0.29) is 10.6 Å². The third-order valence-corrected chi connectivity index (χ3v) is 9.01. The normalized spacial score (nSPS) is 14.5. The lowest BCUT2D eigenvalue weighted by Gasteiger charge is -2.34. The highest BCUT2D eigenvalue weighted by Crippen LogP contribution is 2.39. The monoisotopic (exact) mass is 553 g/mol. The van der Waals surface area contributed by atoms with Crippen LogP contribution in [0, 0.1) is 0 Å². The average molecular weight is 554 g/mol. The molecule has 1 fully saturated rings. The van der Waals surface area contributed by atoms with E-state index in [9.17, 15) is 8.42 Å². The Morgan fingerprint density at radius 2 is 1.56 bits per heavy atom. The molecule has 3 aromatic rings. The number of anilines is 1. The van der Waals surface area contributed by atoms with Crippen molar-refractivity contribution in [3.63, 3.8) is 0 Å². The highest BCUT2D eigenvalue weighted by molar-refractivity contribution is 7.89. The lowest BCUT2D eigenvalue weighted by atomic mass is 10.1. The Morgan fingerprint density at radius 3 is 2.14 bits per heavy atom. The summed E-state index contributed by atoms with van der Waals surface area (Å²) < 4.78 is 49.5. The van der Waals surface area contributed by atoms with Crippen molar-refractivity contribution in [2.75, 3.05) is 59.5 Å². The molecule has 2 heterocycles. The molecule has 0 saturated carbocycles. The van der Waals surface area contributed by atoms with Gasteiger partial charge in [0, 0.05) is 43.0 Å². The number of aromatic nitrogens is 1. The molecule has 1 aromatic heterocycles. The van der Waals surface area contributed by atoms with Crippen LogP contribution in [0.5, 0.6) is 23.0 Å². The third-order valence-electron chi connectivity index (χ3n) is 5.90. The molecule has 0 aliphatic carbocycles. The van der Waals surface area contributed by atoms with E-state index in [4.69, 9.17) is 35.5 Å². The molecular weight excluding hydrogens is 526 g/mol. The molecule has 0 bridgehead atoms. The second-order valence-electron chi connectivity index (χ2n) is 8.02. The van der Waals surface area contributed by atoms with Crippen LogP contribution in [0.4, 0.5) is 5.13 Å². The Hall–Kier alpha value is -2.73. The summed E-state index contributed by atoms with van der Waals surface area (Å²) in [6, 6.07) is 8.42. The number of thiazole rings is 1. The molecule has 0 atom stereocenters. The van der Waals surface area contributed by atoms with Gasteiger partial charge in [0.2, 0.25) is 15.8 Å². The van der Waals surface area contributed by atoms with Gasteiger partial charge in [0.15, 0.2) is 16.6 Å². The van der Waals surface area contributed by atoms with Gasteiger partial charge in [0.1, 0.15) is 10.6 Å². The van der Waals surface area contributed by atoms with Crippen LogP contribution < -0.4 is 23.8 Å². The van der Waals surface area contributed by atoms with Gasteiger partial charge >= 0.3 is 0 Å². The van der Waals surface area contributed by atoms with Crippen LogP contribution in [-0.4, -0.2) is 72.3 Å². The standard InChI is InChI=1S/C24H28ClN3O6S2/c1-31-19-6-5-17(25)14-22(19)36(29,30)28-9-7-27(8-10-28)24-26-18(15-35-24)11-16-12-20(32-2)23(34-4)21(13-16)33-3/h5-6,12-15H,7-11H2,1-4H3. The van der Waals surface area contributed by atoms with Gasteiger partial charge in [0.05, 0.1) is 34.1 Å². The van der Waals surface area contributed by atoms with Gasteiger partial charge in [-0.1, -0.05) is 11.6 Å². The number of hydrogen-bond acceptors (Lipinski definition) is 9. The molecule has 0 spiro atoms. The van der Waals surface area contributed by atoms with Crippen molar-refractivity contribution in [2.24, 2.45) is 0 Å². The average Bonchev–Trinajstić information content (AvgIpc) is 3.36. The number of sulfonamides is 1. The highest BCUT2D eigenvalue weighted by atomic mass is 35.5. The molecule has 1 aliphatic rings. The first-order valence-electron chi connectivity index (χ1n) is 11.1. The Bertz CT molecular complexity index is 1300. The fraction of sp³-hybridized carbons (Fsp3) is 0.375. The van der Waals surface area contributed by atoms with Crippen LogP contribution in [-0.2, 0) is 16.4 Å². The zero-order valence-electron chi connectivity index (χ0n) is 20.5. The summed E-state index contributed by atoms with van der Waals surface area (Å²) >= 11 is 7.60. The van der Waals surface area contributed by atoms with Crippen molar-refractivity contribution in [3.05, 3.63) is 52.0 Å². The number of hydrogen-bond donors (Lipinski definition) is 0. The Kier molecular flexibility index (Phi) is 8.13. The summed E-state index contributed by atoms with van der Waals surface area (Å²) in [6.45, 7) is 1.72. The first-order chi connectivity index (χ1) is 17.3. The number of rotatable bonds is 9. The molecule has 0 N–H and O–H groups in total. The van der Waals surface area contributed by atoms with Gasteiger partial charge < -0.3 is 23.8 Å². The molecule has 0 radical (unpaired) electrons. The molecule has 0 amide bonds. The van der Waals surface area contributed by atoms with E-state index in [0.29, 0.717) is 54.9 Å². The van der Waals surface area contributed by atoms with Gasteiger partial charge in [-0.05, 0) is 35.9 Å². The smallest absolute Gasteiger partial charge is 0.246 e. The topological polar surface area (TPSA) is 90.4 Å². The maximum atomic E-state index is 13.2. The van der Waals surface area contributed by atoms with Crippen LogP contribution >= 0.6 is 22.9 Å². The maximum Gasteiger partial charge on any atom is 0.246 e. The van der Waals surface area contributed by atoms with Crippen molar-refractivity contribution >= 4 is 38.1 Å². The zero-order chi connectivity index (χ0) is 25.9. The fourth-order valence-electron chi connectivity index (χ4n) is 4.08. The lowest BCUT2D eigenvalue weighted by Crippen LogP contribution is -2.48. The van der Waals surface area contributed by atoms with Crippen LogP contribution in [0.3, 0.4) is 0 Å². The number of methoxy groups -OCH3 is 4. The Morgan fingerprint density at radius 1 is 0.917 bits per heavy atom. The van der Waals surface area contributed by atoms with E-state index < -0.39 is 10.0 Å². The summed E-state index contributed by atoms with van der Waals surface area (Å²) in [5, 5.41) is 3.21. The van der Waals surface area contributed by atoms with E-state index in [1.807, 2.05) is 17.5 Å². The van der Waals surface area contributed by atoms with Crippen molar-refractivity contribution in [1.29, 1.82) is 0 Å². The molecule has 9 nitrogen and oxygen atoms in total. The van der Waals surface area contributed by atoms with E-state index in [1.54, 1.807) is 33.5 Å². The number of piperazine rings is 1. The van der Waals surface area contributed by atoms with Crippen molar-refractivity contribution in [2.45, 2.75) is 11.3 Å². The van der Waals surface area contributed by atoms with Crippen LogP contribution in [0.25, 0.3) is 0 Å². The molecule has 1 aliphatic heterocycles. The lowest BCUT2D eigenvalue weighted by molar-refractivity contribution is 0.324. The summed E-state index contributed by atoms with van der Waals surface area (Å²) in [4.78, 5) is 6.97. The number of halogens is 1. The van der Waals surface area contributed by atoms with Gasteiger partial charge in [-0.2, -0.15) is 4.31 Å². The predicted octanol–water partition coefficient (Wildman–Crippen LogP) is 3.93. The van der Waals surface area contributed by atoms with Gasteiger partial charge in [-0.15, -0.1) is 11.3 Å². The molecular formula is C24H28ClN3O6S2. The van der Waals surface area contributed by atoms with E-state index in [1.165, 1.54) is 28.8 Å². The Balaban J connectivity index is 1.45. The minimum absolute atomic E-state index is 0.0767. The van der Waals surface area contributed by atoms with E-state index >= 15 is 0 Å². The number of nitrogens with zero attached hydrogens (tertiary/aromatic N) is 3. The highest BCUT2D eigenvalue weighted by Gasteiger charge is 2.31. The Labute approximate surface area is 220 Å². The minimum atomic E-state index is -3.74. The first kappa shape index (κ1) is 26.3. The second-order valence-corrected chi connectivity index (χ2v) is 11.2. The van der Waals surface area contributed by atoms with Crippen LogP contribution in [0.2, 0.25) is 5.02 Å². The molecule has 12 heteroatoms. The van der Waals surface area contributed by atoms with Crippen molar-refractivity contribution in [1.82, 2.24) is 9.29 Å². The van der Waals surface area contributed by atoms with Crippen LogP contribution in [0.1, 0.15) is 11.3 Å². The van der Waals surface area contributed by atoms with E-state index in [2.05, 4.69) is 4.90 Å². The number of ether oxygens (including phenoxy) is 4. The second kappa shape index (κ2) is 11.1. The molecule has 36 heavy (non-hydrogen) atoms. The zero-order valence-corrected chi connectivity index (χ0v) is 22.9. The molecule has 2 aromatic carbocycles. The summed E-state index contributed by atoms with van der Waals surface area (Å²) in [7, 11) is 2.45. The number of benzene rings is 2. The summed E-state index contributed by atoms with van der Waals surface area (Å²) in [5.41, 5.74) is 1.88. The largest absolute Gasteiger partial charge is 0.495 e. The fourth-order valence-corrected chi connectivity index (χ4v) is 6.80. The molecule has 194 valence electrons. The molecule has 1 saturated heterocycles. The predicted molar refractivity (Wildman–Crippen MR) is 140 cm³/mol. The van der Waals surface area contributed by atoms with Gasteiger partial charge in [0.25, 0.3) is 0 Å². The van der Waals surface area contributed by atoms with Gasteiger partial charge in [-0.25, -0.2) is 13.4 Å². The molecule has 0 unspecified atom stereocenters. The quantitative estimate of drug-likeness (QED) is 0.394.